The van der Waals surface area contributed by atoms with Gasteiger partial charge < -0.3 is 20.2 Å². The Bertz CT molecular complexity index is 727. The van der Waals surface area contributed by atoms with Crippen molar-refractivity contribution in [2.45, 2.75) is 6.42 Å². The van der Waals surface area contributed by atoms with Gasteiger partial charge in [-0.1, -0.05) is 0 Å². The highest BCUT2D eigenvalue weighted by Gasteiger charge is 2.12. The molecule has 2 amide bonds. The lowest BCUT2D eigenvalue weighted by molar-refractivity contribution is -0.116. The van der Waals surface area contributed by atoms with E-state index in [9.17, 15) is 18.8 Å². The number of anilines is 1. The van der Waals surface area contributed by atoms with Gasteiger partial charge in [0.1, 0.15) is 5.82 Å². The summed E-state index contributed by atoms with van der Waals surface area (Å²) in [5.74, 6) is -2.90. The largest absolute Gasteiger partial charge is 0.478 e. The molecule has 1 heterocycles. The summed E-state index contributed by atoms with van der Waals surface area (Å²) in [7, 11) is 0. The first-order chi connectivity index (χ1) is 11.0. The van der Waals surface area contributed by atoms with Crippen molar-refractivity contribution in [3.63, 3.8) is 0 Å². The van der Waals surface area contributed by atoms with E-state index in [2.05, 4.69) is 10.6 Å². The minimum absolute atomic E-state index is 0.0195. The second-order valence-corrected chi connectivity index (χ2v) is 4.53. The first-order valence-corrected chi connectivity index (χ1v) is 6.62. The Hall–Kier alpha value is -3.16. The van der Waals surface area contributed by atoms with Crippen LogP contribution in [0.25, 0.3) is 0 Å². The van der Waals surface area contributed by atoms with Crippen LogP contribution >= 0.6 is 0 Å². The Balaban J connectivity index is 1.86. The zero-order valence-corrected chi connectivity index (χ0v) is 11.8. The number of carbonyl (C=O) groups is 3. The van der Waals surface area contributed by atoms with Gasteiger partial charge in [-0.2, -0.15) is 0 Å². The van der Waals surface area contributed by atoms with E-state index < -0.39 is 23.6 Å². The van der Waals surface area contributed by atoms with Gasteiger partial charge in [0, 0.05) is 13.0 Å². The fourth-order valence-electron chi connectivity index (χ4n) is 1.75. The molecule has 3 N–H and O–H groups in total. The number of halogens is 1. The number of amides is 2. The number of hydrogen-bond donors (Lipinski definition) is 3. The third-order valence-electron chi connectivity index (χ3n) is 2.87. The SMILES string of the molecule is O=C(CCNC(=O)c1ccco1)Nc1cc(C(=O)O)ccc1F. The molecular formula is C15H13FN2O5. The van der Waals surface area contributed by atoms with E-state index >= 15 is 0 Å². The van der Waals surface area contributed by atoms with Crippen molar-refractivity contribution >= 4 is 23.5 Å². The summed E-state index contributed by atoms with van der Waals surface area (Å²) in [6.45, 7) is 0.0195. The Labute approximate surface area is 130 Å². The molecule has 8 heteroatoms. The van der Waals surface area contributed by atoms with E-state index in [1.807, 2.05) is 0 Å². The predicted octanol–water partition coefficient (Wildman–Crippen LogP) is 1.88. The maximum Gasteiger partial charge on any atom is 0.335 e. The van der Waals surface area contributed by atoms with Crippen LogP contribution in [0.3, 0.4) is 0 Å². The molecule has 0 spiro atoms. The molecule has 0 bridgehead atoms. The van der Waals surface area contributed by atoms with E-state index in [1.54, 1.807) is 6.07 Å². The van der Waals surface area contributed by atoms with E-state index in [-0.39, 0.29) is 30.0 Å². The Morgan fingerprint density at radius 1 is 1.22 bits per heavy atom. The Morgan fingerprint density at radius 2 is 2.00 bits per heavy atom. The zero-order valence-electron chi connectivity index (χ0n) is 11.8. The molecule has 2 aromatic rings. The van der Waals surface area contributed by atoms with Crippen LogP contribution in [0.15, 0.2) is 41.0 Å². The minimum atomic E-state index is -1.23. The first kappa shape index (κ1) is 16.2. The summed E-state index contributed by atoms with van der Waals surface area (Å²) < 4.78 is 18.4. The number of hydrogen-bond acceptors (Lipinski definition) is 4. The van der Waals surface area contributed by atoms with Gasteiger partial charge in [0.25, 0.3) is 5.91 Å². The Morgan fingerprint density at radius 3 is 2.65 bits per heavy atom. The normalized spacial score (nSPS) is 10.1. The number of carboxylic acids is 1. The molecule has 0 aliphatic heterocycles. The quantitative estimate of drug-likeness (QED) is 0.753. The molecule has 0 saturated carbocycles. The Kier molecular flexibility index (Phi) is 5.08. The highest BCUT2D eigenvalue weighted by molar-refractivity contribution is 5.95. The van der Waals surface area contributed by atoms with Gasteiger partial charge in [-0.15, -0.1) is 0 Å². The van der Waals surface area contributed by atoms with Gasteiger partial charge >= 0.3 is 5.97 Å². The molecule has 0 aliphatic carbocycles. The minimum Gasteiger partial charge on any atom is -0.478 e. The lowest BCUT2D eigenvalue weighted by atomic mass is 10.2. The average Bonchev–Trinajstić information content (AvgIpc) is 3.03. The van der Waals surface area contributed by atoms with Crippen molar-refractivity contribution < 1.29 is 28.3 Å². The van der Waals surface area contributed by atoms with Crippen molar-refractivity contribution in [1.82, 2.24) is 5.32 Å². The third kappa shape index (κ3) is 4.40. The van der Waals surface area contributed by atoms with Gasteiger partial charge in [0.2, 0.25) is 5.91 Å². The highest BCUT2D eigenvalue weighted by atomic mass is 19.1. The summed E-state index contributed by atoms with van der Waals surface area (Å²) in [6, 6.07) is 6.10. The van der Waals surface area contributed by atoms with Crippen molar-refractivity contribution in [1.29, 1.82) is 0 Å². The molecule has 7 nitrogen and oxygen atoms in total. The molecule has 2 rings (SSSR count). The van der Waals surface area contributed by atoms with Crippen molar-refractivity contribution in [2.75, 3.05) is 11.9 Å². The van der Waals surface area contributed by atoms with Crippen LogP contribution in [-0.2, 0) is 4.79 Å². The smallest absolute Gasteiger partial charge is 0.335 e. The highest BCUT2D eigenvalue weighted by Crippen LogP contribution is 2.16. The van der Waals surface area contributed by atoms with Crippen LogP contribution in [0, 0.1) is 5.82 Å². The summed E-state index contributed by atoms with van der Waals surface area (Å²) in [6.07, 6.45) is 1.24. The lowest BCUT2D eigenvalue weighted by Crippen LogP contribution is -2.27. The monoisotopic (exact) mass is 320 g/mol. The first-order valence-electron chi connectivity index (χ1n) is 6.62. The van der Waals surface area contributed by atoms with E-state index in [1.165, 1.54) is 12.3 Å². The molecule has 1 aromatic heterocycles. The lowest BCUT2D eigenvalue weighted by Gasteiger charge is -2.08. The van der Waals surface area contributed by atoms with Gasteiger partial charge in [0.05, 0.1) is 17.5 Å². The van der Waals surface area contributed by atoms with Crippen molar-refractivity contribution in [3.05, 3.63) is 53.7 Å². The predicted molar refractivity (Wildman–Crippen MR) is 77.6 cm³/mol. The number of rotatable bonds is 6. The molecule has 0 radical (unpaired) electrons. The molecule has 0 unspecified atom stereocenters. The van der Waals surface area contributed by atoms with Crippen molar-refractivity contribution in [2.24, 2.45) is 0 Å². The van der Waals surface area contributed by atoms with Gasteiger partial charge in [-0.05, 0) is 30.3 Å². The summed E-state index contributed by atoms with van der Waals surface area (Å²) in [5, 5.41) is 13.6. The third-order valence-corrected chi connectivity index (χ3v) is 2.87. The molecule has 0 saturated heterocycles. The standard InChI is InChI=1S/C15H13FN2O5/c16-10-4-3-9(15(21)22)8-11(10)18-13(19)5-6-17-14(20)12-2-1-7-23-12/h1-4,7-8H,5-6H2,(H,17,20)(H,18,19)(H,21,22). The number of carboxylic acid groups (broad SMARTS) is 1. The molecule has 0 fully saturated rings. The second kappa shape index (κ2) is 7.21. The van der Waals surface area contributed by atoms with Crippen LogP contribution in [0.4, 0.5) is 10.1 Å². The number of aromatic carboxylic acids is 1. The van der Waals surface area contributed by atoms with Gasteiger partial charge in [0.15, 0.2) is 5.76 Å². The second-order valence-electron chi connectivity index (χ2n) is 4.53. The van der Waals surface area contributed by atoms with Crippen LogP contribution in [0.1, 0.15) is 27.3 Å². The molecular weight excluding hydrogens is 307 g/mol. The fourth-order valence-corrected chi connectivity index (χ4v) is 1.75. The molecule has 0 aliphatic rings. The van der Waals surface area contributed by atoms with E-state index in [0.29, 0.717) is 0 Å². The fraction of sp³-hybridized carbons (Fsp3) is 0.133. The van der Waals surface area contributed by atoms with Crippen molar-refractivity contribution in [3.8, 4) is 0 Å². The molecule has 1 aromatic carbocycles. The van der Waals surface area contributed by atoms with Crippen LogP contribution < -0.4 is 10.6 Å². The van der Waals surface area contributed by atoms with Gasteiger partial charge in [-0.3, -0.25) is 9.59 Å². The summed E-state index contributed by atoms with van der Waals surface area (Å²) in [5.41, 5.74) is -0.375. The maximum absolute atomic E-state index is 13.5. The van der Waals surface area contributed by atoms with Gasteiger partial charge in [-0.25, -0.2) is 9.18 Å². The number of nitrogens with one attached hydrogen (secondary N) is 2. The van der Waals surface area contributed by atoms with Crippen LogP contribution in [0.5, 0.6) is 0 Å². The topological polar surface area (TPSA) is 109 Å². The van der Waals surface area contributed by atoms with Crippen LogP contribution in [-0.4, -0.2) is 29.4 Å². The number of carbonyl (C=O) groups excluding carboxylic acids is 2. The summed E-state index contributed by atoms with van der Waals surface area (Å²) in [4.78, 5) is 34.1. The average molecular weight is 320 g/mol. The van der Waals surface area contributed by atoms with Crippen LogP contribution in [0.2, 0.25) is 0 Å². The number of benzene rings is 1. The summed E-state index contributed by atoms with van der Waals surface area (Å²) >= 11 is 0. The zero-order chi connectivity index (χ0) is 16.8. The van der Waals surface area contributed by atoms with E-state index in [0.717, 1.165) is 18.2 Å². The van der Waals surface area contributed by atoms with E-state index in [4.69, 9.17) is 9.52 Å². The molecule has 120 valence electrons. The maximum atomic E-state index is 13.5. The molecule has 23 heavy (non-hydrogen) atoms. The molecule has 0 atom stereocenters. The number of furan rings is 1.